The number of benzene rings is 2. The van der Waals surface area contributed by atoms with E-state index in [1.54, 1.807) is 6.07 Å². The molecule has 0 aliphatic heterocycles. The minimum atomic E-state index is -0.378. The lowest BCUT2D eigenvalue weighted by Gasteiger charge is -2.09. The van der Waals surface area contributed by atoms with Crippen LogP contribution < -0.4 is 11.1 Å². The van der Waals surface area contributed by atoms with Gasteiger partial charge in [0.2, 0.25) is 0 Å². The van der Waals surface area contributed by atoms with Gasteiger partial charge < -0.3 is 11.1 Å². The summed E-state index contributed by atoms with van der Waals surface area (Å²) in [6, 6.07) is 7.11. The summed E-state index contributed by atoms with van der Waals surface area (Å²) in [4.78, 5) is 12.1. The van der Waals surface area contributed by atoms with E-state index >= 15 is 0 Å². The maximum absolute atomic E-state index is 13.2. The standard InChI is InChI=1S/C14H10BrCl2FN2O/c15-10-2-1-9(18)3-8(10)6-20-14(21)7-4-11(16)13(17)12(19)5-7/h1-5H,6,19H2,(H,20,21). The van der Waals surface area contributed by atoms with Crippen LogP contribution in [0.4, 0.5) is 10.1 Å². The van der Waals surface area contributed by atoms with Crippen molar-refractivity contribution in [1.82, 2.24) is 5.32 Å². The molecule has 0 saturated heterocycles. The lowest BCUT2D eigenvalue weighted by atomic mass is 10.1. The van der Waals surface area contributed by atoms with Gasteiger partial charge in [-0.25, -0.2) is 4.39 Å². The Balaban J connectivity index is 2.13. The van der Waals surface area contributed by atoms with E-state index in [9.17, 15) is 9.18 Å². The number of nitrogen functional groups attached to an aromatic ring is 1. The third-order valence-electron chi connectivity index (χ3n) is 2.77. The highest BCUT2D eigenvalue weighted by molar-refractivity contribution is 9.10. The summed E-state index contributed by atoms with van der Waals surface area (Å²) in [5.41, 5.74) is 6.79. The SMILES string of the molecule is Nc1cc(C(=O)NCc2cc(F)ccc2Br)cc(Cl)c1Cl. The molecule has 0 atom stereocenters. The van der Waals surface area contributed by atoms with Crippen molar-refractivity contribution in [2.45, 2.75) is 6.54 Å². The fourth-order valence-corrected chi connectivity index (χ4v) is 2.42. The van der Waals surface area contributed by atoms with Gasteiger partial charge in [-0.3, -0.25) is 4.79 Å². The lowest BCUT2D eigenvalue weighted by Crippen LogP contribution is -2.23. The van der Waals surface area contributed by atoms with Gasteiger partial charge in [0.25, 0.3) is 5.91 Å². The van der Waals surface area contributed by atoms with Crippen LogP contribution >= 0.6 is 39.1 Å². The summed E-state index contributed by atoms with van der Waals surface area (Å²) in [5, 5.41) is 3.08. The first-order valence-corrected chi connectivity index (χ1v) is 7.40. The van der Waals surface area contributed by atoms with Crippen molar-refractivity contribution in [3.63, 3.8) is 0 Å². The number of nitrogens with one attached hydrogen (secondary N) is 1. The number of hydrogen-bond acceptors (Lipinski definition) is 2. The van der Waals surface area contributed by atoms with Crippen molar-refractivity contribution < 1.29 is 9.18 Å². The van der Waals surface area contributed by atoms with Crippen LogP contribution in [0, 0.1) is 5.82 Å². The number of hydrogen-bond donors (Lipinski definition) is 2. The molecule has 2 rings (SSSR count). The Hall–Kier alpha value is -1.30. The molecule has 3 nitrogen and oxygen atoms in total. The van der Waals surface area contributed by atoms with Gasteiger partial charge >= 0.3 is 0 Å². The molecular formula is C14H10BrCl2FN2O. The topological polar surface area (TPSA) is 55.1 Å². The molecule has 2 aromatic carbocycles. The molecule has 2 aromatic rings. The molecule has 7 heteroatoms. The van der Waals surface area contributed by atoms with Crippen LogP contribution in [0.1, 0.15) is 15.9 Å². The lowest BCUT2D eigenvalue weighted by molar-refractivity contribution is 0.0951. The third-order valence-corrected chi connectivity index (χ3v) is 4.36. The molecule has 110 valence electrons. The molecule has 0 heterocycles. The minimum Gasteiger partial charge on any atom is -0.397 e. The number of anilines is 1. The molecule has 0 saturated carbocycles. The van der Waals surface area contributed by atoms with Crippen LogP contribution in [0.25, 0.3) is 0 Å². The van der Waals surface area contributed by atoms with Crippen molar-refractivity contribution in [1.29, 1.82) is 0 Å². The van der Waals surface area contributed by atoms with Crippen LogP contribution in [0.2, 0.25) is 10.0 Å². The Morgan fingerprint density at radius 2 is 2.00 bits per heavy atom. The summed E-state index contributed by atoms with van der Waals surface area (Å²) in [5.74, 6) is -0.752. The van der Waals surface area contributed by atoms with Crippen LogP contribution in [0.15, 0.2) is 34.8 Å². The van der Waals surface area contributed by atoms with Crippen molar-refractivity contribution in [3.8, 4) is 0 Å². The monoisotopic (exact) mass is 390 g/mol. The highest BCUT2D eigenvalue weighted by atomic mass is 79.9. The molecule has 0 radical (unpaired) electrons. The first-order chi connectivity index (χ1) is 9.88. The second-order valence-electron chi connectivity index (χ2n) is 4.28. The van der Waals surface area contributed by atoms with Gasteiger partial charge in [0.05, 0.1) is 15.7 Å². The quantitative estimate of drug-likeness (QED) is 0.761. The summed E-state index contributed by atoms with van der Waals surface area (Å²) >= 11 is 15.0. The molecule has 21 heavy (non-hydrogen) atoms. The molecule has 0 aromatic heterocycles. The van der Waals surface area contributed by atoms with Crippen molar-refractivity contribution in [3.05, 3.63) is 61.8 Å². The summed E-state index contributed by atoms with van der Waals surface area (Å²) in [7, 11) is 0. The van der Waals surface area contributed by atoms with E-state index in [-0.39, 0.29) is 39.6 Å². The van der Waals surface area contributed by atoms with Gasteiger partial charge in [-0.05, 0) is 35.9 Å². The van der Waals surface area contributed by atoms with Crippen LogP contribution in [0.3, 0.4) is 0 Å². The van der Waals surface area contributed by atoms with E-state index < -0.39 is 0 Å². The zero-order valence-electron chi connectivity index (χ0n) is 10.6. The first kappa shape index (κ1) is 16.1. The smallest absolute Gasteiger partial charge is 0.251 e. The van der Waals surface area contributed by atoms with E-state index in [1.807, 2.05) is 0 Å². The number of rotatable bonds is 3. The molecule has 0 aliphatic rings. The molecule has 0 bridgehead atoms. The predicted octanol–water partition coefficient (Wildman–Crippen LogP) is 4.41. The Bertz CT molecular complexity index is 686. The maximum atomic E-state index is 13.2. The van der Waals surface area contributed by atoms with E-state index in [2.05, 4.69) is 21.2 Å². The zero-order chi connectivity index (χ0) is 15.6. The van der Waals surface area contributed by atoms with Crippen LogP contribution in [-0.4, -0.2) is 5.91 Å². The summed E-state index contributed by atoms with van der Waals surface area (Å²) < 4.78 is 13.9. The molecule has 1 amide bonds. The van der Waals surface area contributed by atoms with E-state index in [4.69, 9.17) is 28.9 Å². The van der Waals surface area contributed by atoms with Gasteiger partial charge in [-0.15, -0.1) is 0 Å². The normalized spacial score (nSPS) is 10.5. The molecule has 3 N–H and O–H groups in total. The van der Waals surface area contributed by atoms with Gasteiger partial charge in [0.1, 0.15) is 5.82 Å². The van der Waals surface area contributed by atoms with Gasteiger partial charge in [0, 0.05) is 16.6 Å². The largest absolute Gasteiger partial charge is 0.397 e. The number of nitrogens with two attached hydrogens (primary N) is 1. The molecule has 0 spiro atoms. The van der Waals surface area contributed by atoms with E-state index in [0.29, 0.717) is 10.0 Å². The average Bonchev–Trinajstić information content (AvgIpc) is 2.44. The highest BCUT2D eigenvalue weighted by Gasteiger charge is 2.12. The maximum Gasteiger partial charge on any atom is 0.251 e. The second-order valence-corrected chi connectivity index (χ2v) is 5.92. The molecule has 0 unspecified atom stereocenters. The average molecular weight is 392 g/mol. The Morgan fingerprint density at radius 1 is 1.29 bits per heavy atom. The Kier molecular flexibility index (Phi) is 5.08. The zero-order valence-corrected chi connectivity index (χ0v) is 13.7. The fourth-order valence-electron chi connectivity index (χ4n) is 1.70. The summed E-state index contributed by atoms with van der Waals surface area (Å²) in [6.07, 6.45) is 0. The van der Waals surface area contributed by atoms with Crippen LogP contribution in [0.5, 0.6) is 0 Å². The van der Waals surface area contributed by atoms with Gasteiger partial charge in [-0.1, -0.05) is 39.1 Å². The van der Waals surface area contributed by atoms with E-state index in [1.165, 1.54) is 24.3 Å². The van der Waals surface area contributed by atoms with Gasteiger partial charge in [-0.2, -0.15) is 0 Å². The van der Waals surface area contributed by atoms with Crippen molar-refractivity contribution in [2.75, 3.05) is 5.73 Å². The number of halogens is 4. The Morgan fingerprint density at radius 3 is 2.67 bits per heavy atom. The molecule has 0 fully saturated rings. The second kappa shape index (κ2) is 6.64. The first-order valence-electron chi connectivity index (χ1n) is 5.85. The minimum absolute atomic E-state index is 0.164. The van der Waals surface area contributed by atoms with E-state index in [0.717, 1.165) is 0 Å². The third kappa shape index (κ3) is 3.87. The number of carbonyl (C=O) groups excluding carboxylic acids is 1. The Labute approximate surface area is 139 Å². The molecule has 0 aliphatic carbocycles. The van der Waals surface area contributed by atoms with Crippen molar-refractivity contribution in [2.24, 2.45) is 0 Å². The van der Waals surface area contributed by atoms with Crippen molar-refractivity contribution >= 4 is 50.7 Å². The van der Waals surface area contributed by atoms with Gasteiger partial charge in [0.15, 0.2) is 0 Å². The fraction of sp³-hybridized carbons (Fsp3) is 0.0714. The predicted molar refractivity (Wildman–Crippen MR) is 86.1 cm³/mol. The summed E-state index contributed by atoms with van der Waals surface area (Å²) in [6.45, 7) is 0.164. The number of carbonyl (C=O) groups is 1. The molecular weight excluding hydrogens is 382 g/mol. The highest BCUT2D eigenvalue weighted by Crippen LogP contribution is 2.29. The van der Waals surface area contributed by atoms with Crippen LogP contribution in [-0.2, 0) is 6.54 Å². The number of amides is 1.